The zero-order chi connectivity index (χ0) is 13.8. The fourth-order valence-electron chi connectivity index (χ4n) is 2.66. The minimum Gasteiger partial charge on any atom is -0.366 e. The number of benzene rings is 1. The zero-order valence-electron chi connectivity index (χ0n) is 11.3. The van der Waals surface area contributed by atoms with Crippen LogP contribution in [0.25, 0.3) is 0 Å². The molecule has 0 bridgehead atoms. The molecule has 0 radical (unpaired) electrons. The van der Waals surface area contributed by atoms with Crippen molar-refractivity contribution in [2.75, 3.05) is 18.4 Å². The molecule has 2 N–H and O–H groups in total. The second kappa shape index (κ2) is 6.25. The summed E-state index contributed by atoms with van der Waals surface area (Å²) in [6, 6.07) is 10.0. The van der Waals surface area contributed by atoms with Gasteiger partial charge in [-0.3, -0.25) is 0 Å². The molecule has 2 aromatic rings. The van der Waals surface area contributed by atoms with Gasteiger partial charge >= 0.3 is 0 Å². The number of aromatic nitrogens is 1. The van der Waals surface area contributed by atoms with Crippen LogP contribution in [0.4, 0.5) is 5.82 Å². The van der Waals surface area contributed by atoms with E-state index in [2.05, 4.69) is 21.7 Å². The molecule has 4 heteroatoms. The van der Waals surface area contributed by atoms with Crippen LogP contribution in [0, 0.1) is 0 Å². The number of nitrogens with zero attached hydrogens (tertiary/aromatic N) is 1. The Hall–Kier alpha value is -1.58. The Morgan fingerprint density at radius 3 is 2.90 bits per heavy atom. The lowest BCUT2D eigenvalue weighted by atomic mass is 9.97. The number of halogens is 1. The summed E-state index contributed by atoms with van der Waals surface area (Å²) in [5, 5.41) is 7.64. The monoisotopic (exact) mass is 287 g/mol. The van der Waals surface area contributed by atoms with Crippen molar-refractivity contribution in [3.05, 3.63) is 58.2 Å². The summed E-state index contributed by atoms with van der Waals surface area (Å²) in [5.74, 6) is 0.882. The van der Waals surface area contributed by atoms with E-state index in [1.807, 2.05) is 24.3 Å². The molecule has 0 unspecified atom stereocenters. The van der Waals surface area contributed by atoms with Crippen LogP contribution in [0.15, 0.2) is 36.5 Å². The molecule has 20 heavy (non-hydrogen) atoms. The first-order valence-corrected chi connectivity index (χ1v) is 7.37. The van der Waals surface area contributed by atoms with E-state index in [-0.39, 0.29) is 0 Å². The molecule has 1 aromatic carbocycles. The van der Waals surface area contributed by atoms with Crippen molar-refractivity contribution in [2.45, 2.75) is 19.4 Å². The number of anilines is 1. The number of hydrogen-bond donors (Lipinski definition) is 2. The van der Waals surface area contributed by atoms with Gasteiger partial charge in [-0.2, -0.15) is 0 Å². The Kier molecular flexibility index (Phi) is 4.19. The van der Waals surface area contributed by atoms with Crippen LogP contribution in [0.1, 0.15) is 16.7 Å². The Bertz CT molecular complexity index is 584. The highest BCUT2D eigenvalue weighted by Crippen LogP contribution is 2.26. The Labute approximate surface area is 124 Å². The lowest BCUT2D eigenvalue weighted by Gasteiger charge is -2.15. The van der Waals surface area contributed by atoms with Gasteiger partial charge in [-0.1, -0.05) is 23.7 Å². The molecular weight excluding hydrogens is 270 g/mol. The number of nitrogens with one attached hydrogen (secondary N) is 2. The van der Waals surface area contributed by atoms with E-state index in [9.17, 15) is 0 Å². The number of rotatable bonds is 3. The maximum Gasteiger partial charge on any atom is 0.126 e. The molecule has 1 aliphatic heterocycles. The highest BCUT2D eigenvalue weighted by Gasteiger charge is 2.14. The largest absolute Gasteiger partial charge is 0.366 e. The minimum absolute atomic E-state index is 0.721. The van der Waals surface area contributed by atoms with E-state index in [0.29, 0.717) is 0 Å². The average molecular weight is 288 g/mol. The topological polar surface area (TPSA) is 37.0 Å². The smallest absolute Gasteiger partial charge is 0.126 e. The molecule has 0 saturated carbocycles. The molecule has 0 spiro atoms. The molecule has 1 aliphatic rings. The van der Waals surface area contributed by atoms with Gasteiger partial charge in [-0.15, -0.1) is 0 Å². The van der Waals surface area contributed by atoms with Crippen LogP contribution in [0.5, 0.6) is 0 Å². The fraction of sp³-hybridized carbons (Fsp3) is 0.312. The SMILES string of the molecule is Clc1ccc2c(c1CNc1ccccn1)CCNCC2. The molecule has 0 saturated heterocycles. The summed E-state index contributed by atoms with van der Waals surface area (Å²) in [7, 11) is 0. The van der Waals surface area contributed by atoms with Crippen LogP contribution in [0.3, 0.4) is 0 Å². The highest BCUT2D eigenvalue weighted by molar-refractivity contribution is 6.31. The number of hydrogen-bond acceptors (Lipinski definition) is 3. The van der Waals surface area contributed by atoms with Gasteiger partial charge in [0.05, 0.1) is 0 Å². The zero-order valence-corrected chi connectivity index (χ0v) is 12.1. The van der Waals surface area contributed by atoms with E-state index in [1.165, 1.54) is 16.7 Å². The molecule has 104 valence electrons. The Morgan fingerprint density at radius 1 is 1.15 bits per heavy atom. The van der Waals surface area contributed by atoms with Gasteiger partial charge in [-0.05, 0) is 60.8 Å². The van der Waals surface area contributed by atoms with E-state index >= 15 is 0 Å². The van der Waals surface area contributed by atoms with Gasteiger partial charge < -0.3 is 10.6 Å². The molecule has 3 nitrogen and oxygen atoms in total. The second-order valence-corrected chi connectivity index (χ2v) is 5.39. The van der Waals surface area contributed by atoms with E-state index in [1.54, 1.807) is 6.20 Å². The first-order chi connectivity index (χ1) is 9.84. The van der Waals surface area contributed by atoms with E-state index in [4.69, 9.17) is 11.6 Å². The molecule has 2 heterocycles. The van der Waals surface area contributed by atoms with Gasteiger partial charge in [0.1, 0.15) is 5.82 Å². The predicted molar refractivity (Wildman–Crippen MR) is 83.3 cm³/mol. The fourth-order valence-corrected chi connectivity index (χ4v) is 2.90. The Balaban J connectivity index is 1.85. The van der Waals surface area contributed by atoms with E-state index in [0.717, 1.165) is 43.3 Å². The van der Waals surface area contributed by atoms with Crippen molar-refractivity contribution < 1.29 is 0 Å². The van der Waals surface area contributed by atoms with Crippen molar-refractivity contribution in [3.8, 4) is 0 Å². The predicted octanol–water partition coefficient (Wildman–Crippen LogP) is 3.04. The van der Waals surface area contributed by atoms with Gasteiger partial charge in [0.15, 0.2) is 0 Å². The molecule has 0 atom stereocenters. The summed E-state index contributed by atoms with van der Waals surface area (Å²) in [6.45, 7) is 2.78. The minimum atomic E-state index is 0.721. The maximum absolute atomic E-state index is 6.40. The quantitative estimate of drug-likeness (QED) is 0.911. The Morgan fingerprint density at radius 2 is 2.05 bits per heavy atom. The first-order valence-electron chi connectivity index (χ1n) is 6.99. The summed E-state index contributed by atoms with van der Waals surface area (Å²) >= 11 is 6.40. The van der Waals surface area contributed by atoms with Gasteiger partial charge in [0.2, 0.25) is 0 Å². The third kappa shape index (κ3) is 2.94. The van der Waals surface area contributed by atoms with Crippen LogP contribution in [0.2, 0.25) is 5.02 Å². The van der Waals surface area contributed by atoms with Crippen LogP contribution in [-0.2, 0) is 19.4 Å². The molecule has 0 fully saturated rings. The standard InChI is InChI=1S/C16H18ClN3/c17-15-5-4-12-6-9-18-10-7-13(12)14(15)11-20-16-3-1-2-8-19-16/h1-5,8,18H,6-7,9-11H2,(H,19,20). The third-order valence-corrected chi connectivity index (χ3v) is 4.06. The summed E-state index contributed by atoms with van der Waals surface area (Å²) < 4.78 is 0. The number of fused-ring (bicyclic) bond motifs is 1. The lowest BCUT2D eigenvalue weighted by molar-refractivity contribution is 0.710. The highest BCUT2D eigenvalue weighted by atomic mass is 35.5. The van der Waals surface area contributed by atoms with E-state index < -0.39 is 0 Å². The normalized spacial score (nSPS) is 14.4. The van der Waals surface area contributed by atoms with Crippen LogP contribution in [-0.4, -0.2) is 18.1 Å². The van der Waals surface area contributed by atoms with Crippen molar-refractivity contribution in [2.24, 2.45) is 0 Å². The average Bonchev–Trinajstić information content (AvgIpc) is 2.73. The summed E-state index contributed by atoms with van der Waals surface area (Å²) in [6.07, 6.45) is 3.90. The van der Waals surface area contributed by atoms with Crippen molar-refractivity contribution >= 4 is 17.4 Å². The summed E-state index contributed by atoms with van der Waals surface area (Å²) in [4.78, 5) is 4.29. The van der Waals surface area contributed by atoms with Gasteiger partial charge in [0.25, 0.3) is 0 Å². The van der Waals surface area contributed by atoms with Gasteiger partial charge in [-0.25, -0.2) is 4.98 Å². The lowest BCUT2D eigenvalue weighted by Crippen LogP contribution is -2.16. The molecule has 0 amide bonds. The third-order valence-electron chi connectivity index (χ3n) is 3.71. The number of pyridine rings is 1. The molecule has 1 aromatic heterocycles. The van der Waals surface area contributed by atoms with Crippen LogP contribution < -0.4 is 10.6 Å². The molecular formula is C16H18ClN3. The summed E-state index contributed by atoms with van der Waals surface area (Å²) in [5.41, 5.74) is 4.02. The van der Waals surface area contributed by atoms with Crippen molar-refractivity contribution in [3.63, 3.8) is 0 Å². The molecule has 3 rings (SSSR count). The molecule has 0 aliphatic carbocycles. The van der Waals surface area contributed by atoms with Crippen LogP contribution >= 0.6 is 11.6 Å². The second-order valence-electron chi connectivity index (χ2n) is 4.98. The van der Waals surface area contributed by atoms with Crippen molar-refractivity contribution in [1.29, 1.82) is 0 Å². The van der Waals surface area contributed by atoms with Crippen molar-refractivity contribution in [1.82, 2.24) is 10.3 Å². The maximum atomic E-state index is 6.40. The van der Waals surface area contributed by atoms with Gasteiger partial charge in [0, 0.05) is 17.8 Å². The first kappa shape index (κ1) is 13.4.